The molecule has 2 aromatic heterocycles. The molecule has 0 bridgehead atoms. The lowest BCUT2D eigenvalue weighted by molar-refractivity contribution is 0.281. The van der Waals surface area contributed by atoms with E-state index >= 15 is 0 Å². The molecule has 2 heterocycles. The van der Waals surface area contributed by atoms with Crippen LogP contribution < -0.4 is 0 Å². The quantitative estimate of drug-likeness (QED) is 0.805. The number of thiazole rings is 1. The zero-order chi connectivity index (χ0) is 9.54. The number of aromatic nitrogens is 1. The summed E-state index contributed by atoms with van der Waals surface area (Å²) in [5.41, 5.74) is 2.40. The number of nitrogens with zero attached hydrogens (tertiary/aromatic N) is 1. The van der Waals surface area contributed by atoms with Crippen LogP contribution in [0, 0.1) is 0 Å². The number of aliphatic hydroxyl groups excluding tert-OH is 1. The zero-order valence-electron chi connectivity index (χ0n) is 7.49. The first kappa shape index (κ1) is 8.59. The van der Waals surface area contributed by atoms with Crippen molar-refractivity contribution < 1.29 is 5.11 Å². The topological polar surface area (TPSA) is 33.1 Å². The molecule has 1 N–H and O–H groups in total. The van der Waals surface area contributed by atoms with E-state index in [4.69, 9.17) is 5.11 Å². The van der Waals surface area contributed by atoms with E-state index in [0.717, 1.165) is 23.5 Å². The Morgan fingerprint density at radius 2 is 2.21 bits per heavy atom. The van der Waals surface area contributed by atoms with Gasteiger partial charge in [-0.15, -0.1) is 22.7 Å². The maximum atomic E-state index is 9.04. The van der Waals surface area contributed by atoms with E-state index in [1.54, 1.807) is 11.3 Å². The molecule has 1 aliphatic carbocycles. The summed E-state index contributed by atoms with van der Waals surface area (Å²) in [6, 6.07) is 2.14. The summed E-state index contributed by atoms with van der Waals surface area (Å²) in [7, 11) is 0. The largest absolute Gasteiger partial charge is 0.389 e. The SMILES string of the molecule is OCc1nc2c(s1)CCc1sccc1-2. The molecule has 0 unspecified atom stereocenters. The lowest BCUT2D eigenvalue weighted by Gasteiger charge is -2.09. The number of thiophene rings is 1. The van der Waals surface area contributed by atoms with Crippen LogP contribution in [-0.4, -0.2) is 10.1 Å². The van der Waals surface area contributed by atoms with E-state index in [1.807, 2.05) is 11.3 Å². The number of fused-ring (bicyclic) bond motifs is 3. The average Bonchev–Trinajstić information content (AvgIpc) is 2.82. The van der Waals surface area contributed by atoms with Crippen LogP contribution in [-0.2, 0) is 19.4 Å². The van der Waals surface area contributed by atoms with Crippen LogP contribution in [0.5, 0.6) is 0 Å². The predicted octanol–water partition coefficient (Wildman–Crippen LogP) is 2.46. The minimum atomic E-state index is 0.0666. The van der Waals surface area contributed by atoms with Crippen molar-refractivity contribution in [2.24, 2.45) is 0 Å². The molecule has 0 atom stereocenters. The van der Waals surface area contributed by atoms with Gasteiger partial charge in [0.15, 0.2) is 0 Å². The molecule has 0 fully saturated rings. The fourth-order valence-electron chi connectivity index (χ4n) is 1.82. The van der Waals surface area contributed by atoms with Gasteiger partial charge in [-0.1, -0.05) is 0 Å². The van der Waals surface area contributed by atoms with Crippen LogP contribution in [0.2, 0.25) is 0 Å². The molecule has 72 valence electrons. The second kappa shape index (κ2) is 3.15. The normalized spacial score (nSPS) is 13.8. The highest BCUT2D eigenvalue weighted by atomic mass is 32.1. The van der Waals surface area contributed by atoms with Crippen molar-refractivity contribution in [2.45, 2.75) is 19.4 Å². The molecular weight excluding hydrogens is 214 g/mol. The third-order valence-corrected chi connectivity index (χ3v) is 4.54. The molecule has 0 saturated carbocycles. The number of aliphatic hydroxyl groups is 1. The standard InChI is InChI=1S/C10H9NOS2/c12-5-9-11-10-6-3-4-13-7(6)1-2-8(10)14-9/h3-4,12H,1-2,5H2. The third kappa shape index (κ3) is 1.15. The van der Waals surface area contributed by atoms with Gasteiger partial charge in [0.2, 0.25) is 0 Å². The number of rotatable bonds is 1. The lowest BCUT2D eigenvalue weighted by Crippen LogP contribution is -1.97. The molecule has 4 heteroatoms. The lowest BCUT2D eigenvalue weighted by atomic mass is 10.0. The smallest absolute Gasteiger partial charge is 0.119 e. The molecule has 0 amide bonds. The van der Waals surface area contributed by atoms with E-state index in [2.05, 4.69) is 16.4 Å². The highest BCUT2D eigenvalue weighted by Gasteiger charge is 2.21. The Bertz CT molecular complexity index is 472. The molecule has 0 aromatic carbocycles. The van der Waals surface area contributed by atoms with Crippen molar-refractivity contribution in [3.63, 3.8) is 0 Å². The van der Waals surface area contributed by atoms with Gasteiger partial charge in [-0.2, -0.15) is 0 Å². The Kier molecular flexibility index (Phi) is 1.93. The van der Waals surface area contributed by atoms with Crippen LogP contribution in [0.4, 0.5) is 0 Å². The molecule has 14 heavy (non-hydrogen) atoms. The van der Waals surface area contributed by atoms with Crippen molar-refractivity contribution in [1.29, 1.82) is 0 Å². The minimum Gasteiger partial charge on any atom is -0.389 e. The molecule has 0 saturated heterocycles. The summed E-state index contributed by atoms with van der Waals surface area (Å²) >= 11 is 3.45. The maximum Gasteiger partial charge on any atom is 0.119 e. The highest BCUT2D eigenvalue weighted by molar-refractivity contribution is 7.12. The first-order valence-corrected chi connectivity index (χ1v) is 6.24. The molecule has 0 radical (unpaired) electrons. The van der Waals surface area contributed by atoms with Crippen LogP contribution in [0.3, 0.4) is 0 Å². The Labute approximate surface area is 89.9 Å². The number of hydrogen-bond donors (Lipinski definition) is 1. The molecule has 0 spiro atoms. The van der Waals surface area contributed by atoms with Gasteiger partial charge in [0.25, 0.3) is 0 Å². The van der Waals surface area contributed by atoms with Gasteiger partial charge in [0, 0.05) is 15.3 Å². The predicted molar refractivity (Wildman–Crippen MR) is 58.8 cm³/mol. The van der Waals surface area contributed by atoms with Crippen LogP contribution >= 0.6 is 22.7 Å². The molecule has 0 aliphatic heterocycles. The Balaban J connectivity index is 2.20. The van der Waals surface area contributed by atoms with Crippen molar-refractivity contribution in [3.05, 3.63) is 26.2 Å². The van der Waals surface area contributed by atoms with Crippen molar-refractivity contribution in [3.8, 4) is 11.3 Å². The van der Waals surface area contributed by atoms with Crippen LogP contribution in [0.25, 0.3) is 11.3 Å². The third-order valence-electron chi connectivity index (χ3n) is 2.46. The van der Waals surface area contributed by atoms with Crippen molar-refractivity contribution >= 4 is 22.7 Å². The van der Waals surface area contributed by atoms with Crippen LogP contribution in [0.15, 0.2) is 11.4 Å². The van der Waals surface area contributed by atoms with Crippen molar-refractivity contribution in [2.75, 3.05) is 0 Å². The molecule has 3 rings (SSSR count). The Hall–Kier alpha value is -0.710. The second-order valence-corrected chi connectivity index (χ2v) is 5.46. The van der Waals surface area contributed by atoms with Gasteiger partial charge < -0.3 is 5.11 Å². The first-order valence-electron chi connectivity index (χ1n) is 4.54. The summed E-state index contributed by atoms with van der Waals surface area (Å²) in [5, 5.41) is 12.0. The number of aryl methyl sites for hydroxylation is 2. The Morgan fingerprint density at radius 1 is 1.36 bits per heavy atom. The summed E-state index contributed by atoms with van der Waals surface area (Å²) in [6.45, 7) is 0.0666. The number of hydrogen-bond acceptors (Lipinski definition) is 4. The highest BCUT2D eigenvalue weighted by Crippen LogP contribution is 2.38. The monoisotopic (exact) mass is 223 g/mol. The van der Waals surface area contributed by atoms with E-state index in [0.29, 0.717) is 0 Å². The van der Waals surface area contributed by atoms with Gasteiger partial charge in [0.1, 0.15) is 5.01 Å². The Morgan fingerprint density at radius 3 is 3.07 bits per heavy atom. The maximum absolute atomic E-state index is 9.04. The van der Waals surface area contributed by atoms with E-state index in [1.165, 1.54) is 15.3 Å². The van der Waals surface area contributed by atoms with Gasteiger partial charge in [-0.05, 0) is 24.3 Å². The van der Waals surface area contributed by atoms with Gasteiger partial charge >= 0.3 is 0 Å². The summed E-state index contributed by atoms with van der Waals surface area (Å²) in [5.74, 6) is 0. The molecule has 2 nitrogen and oxygen atoms in total. The van der Waals surface area contributed by atoms with Crippen molar-refractivity contribution in [1.82, 2.24) is 4.98 Å². The van der Waals surface area contributed by atoms with E-state index in [-0.39, 0.29) is 6.61 Å². The average molecular weight is 223 g/mol. The minimum absolute atomic E-state index is 0.0666. The second-order valence-electron chi connectivity index (χ2n) is 3.29. The molecule has 2 aromatic rings. The van der Waals surface area contributed by atoms with E-state index < -0.39 is 0 Å². The summed E-state index contributed by atoms with van der Waals surface area (Å²) < 4.78 is 0. The summed E-state index contributed by atoms with van der Waals surface area (Å²) in [4.78, 5) is 7.23. The van der Waals surface area contributed by atoms with Gasteiger partial charge in [-0.25, -0.2) is 4.98 Å². The first-order chi connectivity index (χ1) is 6.88. The molecular formula is C10H9NOS2. The van der Waals surface area contributed by atoms with Gasteiger partial charge in [-0.3, -0.25) is 0 Å². The fraction of sp³-hybridized carbons (Fsp3) is 0.300. The van der Waals surface area contributed by atoms with E-state index in [9.17, 15) is 0 Å². The van der Waals surface area contributed by atoms with Gasteiger partial charge in [0.05, 0.1) is 12.3 Å². The zero-order valence-corrected chi connectivity index (χ0v) is 9.12. The van der Waals surface area contributed by atoms with Crippen LogP contribution in [0.1, 0.15) is 14.8 Å². The fourth-order valence-corrected chi connectivity index (χ4v) is 3.64. The summed E-state index contributed by atoms with van der Waals surface area (Å²) in [6.07, 6.45) is 2.22. The molecule has 1 aliphatic rings.